The van der Waals surface area contributed by atoms with Crippen molar-refractivity contribution in [1.29, 1.82) is 0 Å². The van der Waals surface area contributed by atoms with E-state index in [-0.39, 0.29) is 18.4 Å². The van der Waals surface area contributed by atoms with E-state index >= 15 is 0 Å². The number of nitrogens with one attached hydrogen (secondary N) is 1. The van der Waals surface area contributed by atoms with Crippen LogP contribution in [0.15, 0.2) is 72.8 Å². The minimum Gasteiger partial charge on any atom is -0.496 e. The third kappa shape index (κ3) is 5.17. The molecule has 0 radical (unpaired) electrons. The molecule has 6 nitrogen and oxygen atoms in total. The zero-order chi connectivity index (χ0) is 23.2. The number of amides is 2. The molecule has 1 N–H and O–H groups in total. The fourth-order valence-electron chi connectivity index (χ4n) is 4.20. The second-order valence-electron chi connectivity index (χ2n) is 8.12. The van der Waals surface area contributed by atoms with E-state index in [1.165, 1.54) is 16.8 Å². The Kier molecular flexibility index (Phi) is 6.93. The second-order valence-corrected chi connectivity index (χ2v) is 8.12. The first-order chi connectivity index (χ1) is 16.1. The molecular weight excluding hydrogens is 414 g/mol. The van der Waals surface area contributed by atoms with E-state index in [1.807, 2.05) is 30.0 Å². The van der Waals surface area contributed by atoms with E-state index in [9.17, 15) is 9.59 Å². The lowest BCUT2D eigenvalue weighted by Gasteiger charge is -2.37. The molecule has 1 aliphatic rings. The van der Waals surface area contributed by atoms with Gasteiger partial charge in [-0.3, -0.25) is 9.59 Å². The number of methoxy groups -OCH3 is 1. The second kappa shape index (κ2) is 10.2. The topological polar surface area (TPSA) is 61.9 Å². The monoisotopic (exact) mass is 443 g/mol. The summed E-state index contributed by atoms with van der Waals surface area (Å²) in [5, 5.41) is 2.75. The van der Waals surface area contributed by atoms with E-state index in [2.05, 4.69) is 46.6 Å². The highest BCUT2D eigenvalue weighted by molar-refractivity contribution is 5.96. The van der Waals surface area contributed by atoms with E-state index in [0.29, 0.717) is 18.7 Å². The SMILES string of the molecule is COc1ccc(C(=O)NCC(=O)N2CCN(c3ccccc3-c3ccccc3)CC2)cc1C. The molecule has 0 bridgehead atoms. The Morgan fingerprint density at radius 1 is 0.909 bits per heavy atom. The Morgan fingerprint density at radius 2 is 1.61 bits per heavy atom. The molecule has 0 aliphatic carbocycles. The van der Waals surface area contributed by atoms with Crippen LogP contribution in [0.4, 0.5) is 5.69 Å². The average Bonchev–Trinajstić information content (AvgIpc) is 2.87. The summed E-state index contributed by atoms with van der Waals surface area (Å²) in [4.78, 5) is 29.3. The average molecular weight is 444 g/mol. The van der Waals surface area contributed by atoms with Gasteiger partial charge >= 0.3 is 0 Å². The molecule has 3 aromatic rings. The van der Waals surface area contributed by atoms with Crippen LogP contribution in [-0.4, -0.2) is 56.5 Å². The van der Waals surface area contributed by atoms with Crippen LogP contribution in [0.25, 0.3) is 11.1 Å². The standard InChI is InChI=1S/C27H29N3O3/c1-20-18-22(12-13-25(20)33-2)27(32)28-19-26(31)30-16-14-29(15-17-30)24-11-7-6-10-23(24)21-8-4-3-5-9-21/h3-13,18H,14-17,19H2,1-2H3,(H,28,32). The summed E-state index contributed by atoms with van der Waals surface area (Å²) in [6.07, 6.45) is 0. The normalized spacial score (nSPS) is 13.5. The van der Waals surface area contributed by atoms with Crippen molar-refractivity contribution in [2.24, 2.45) is 0 Å². The molecule has 0 aromatic heterocycles. The van der Waals surface area contributed by atoms with Crippen LogP contribution < -0.4 is 15.0 Å². The number of para-hydroxylation sites is 1. The molecule has 0 spiro atoms. The predicted octanol–water partition coefficient (Wildman–Crippen LogP) is 3.75. The van der Waals surface area contributed by atoms with Gasteiger partial charge < -0.3 is 19.9 Å². The molecule has 6 heteroatoms. The summed E-state index contributed by atoms with van der Waals surface area (Å²) < 4.78 is 5.23. The molecule has 3 aromatic carbocycles. The van der Waals surface area contributed by atoms with E-state index < -0.39 is 0 Å². The largest absolute Gasteiger partial charge is 0.496 e. The van der Waals surface area contributed by atoms with Crippen molar-refractivity contribution in [3.63, 3.8) is 0 Å². The van der Waals surface area contributed by atoms with Crippen molar-refractivity contribution in [3.05, 3.63) is 83.9 Å². The zero-order valence-corrected chi connectivity index (χ0v) is 19.1. The van der Waals surface area contributed by atoms with E-state index in [0.717, 1.165) is 24.4 Å². The lowest BCUT2D eigenvalue weighted by molar-refractivity contribution is -0.130. The molecule has 33 heavy (non-hydrogen) atoms. The molecule has 0 unspecified atom stereocenters. The Balaban J connectivity index is 1.33. The number of anilines is 1. The maximum absolute atomic E-state index is 12.7. The molecule has 0 atom stereocenters. The molecule has 1 saturated heterocycles. The van der Waals surface area contributed by atoms with Gasteiger partial charge in [-0.1, -0.05) is 48.5 Å². The summed E-state index contributed by atoms with van der Waals surface area (Å²) in [7, 11) is 1.60. The molecule has 0 saturated carbocycles. The Hall–Kier alpha value is -3.80. The molecule has 170 valence electrons. The first kappa shape index (κ1) is 22.4. The number of carbonyl (C=O) groups is 2. The summed E-state index contributed by atoms with van der Waals surface area (Å²) >= 11 is 0. The van der Waals surface area contributed by atoms with Crippen LogP contribution in [-0.2, 0) is 4.79 Å². The molecule has 2 amide bonds. The third-order valence-corrected chi connectivity index (χ3v) is 6.02. The van der Waals surface area contributed by atoms with Crippen LogP contribution in [0.5, 0.6) is 5.75 Å². The maximum atomic E-state index is 12.7. The van der Waals surface area contributed by atoms with E-state index in [4.69, 9.17) is 4.74 Å². The minimum atomic E-state index is -0.260. The predicted molar refractivity (Wildman–Crippen MR) is 131 cm³/mol. The number of hydrogen-bond donors (Lipinski definition) is 1. The number of benzene rings is 3. The van der Waals surface area contributed by atoms with Crippen molar-refractivity contribution >= 4 is 17.5 Å². The van der Waals surface area contributed by atoms with Gasteiger partial charge in [0.25, 0.3) is 5.91 Å². The van der Waals surface area contributed by atoms with Gasteiger partial charge in [-0.2, -0.15) is 0 Å². The van der Waals surface area contributed by atoms with Gasteiger partial charge in [0.15, 0.2) is 0 Å². The fraction of sp³-hybridized carbons (Fsp3) is 0.259. The first-order valence-corrected chi connectivity index (χ1v) is 11.2. The fourth-order valence-corrected chi connectivity index (χ4v) is 4.20. The summed E-state index contributed by atoms with van der Waals surface area (Å²) in [5.74, 6) is 0.406. The number of hydrogen-bond acceptors (Lipinski definition) is 4. The maximum Gasteiger partial charge on any atom is 0.251 e. The number of aryl methyl sites for hydroxylation is 1. The Morgan fingerprint density at radius 3 is 2.30 bits per heavy atom. The highest BCUT2D eigenvalue weighted by Crippen LogP contribution is 2.31. The quantitative estimate of drug-likeness (QED) is 0.630. The minimum absolute atomic E-state index is 0.00941. The van der Waals surface area contributed by atoms with Gasteiger partial charge in [-0.05, 0) is 42.3 Å². The highest BCUT2D eigenvalue weighted by Gasteiger charge is 2.23. The Bertz CT molecular complexity index is 1120. The van der Waals surface area contributed by atoms with Crippen molar-refractivity contribution in [2.45, 2.75) is 6.92 Å². The number of piperazine rings is 1. The van der Waals surface area contributed by atoms with Crippen LogP contribution in [0.1, 0.15) is 15.9 Å². The van der Waals surface area contributed by atoms with Gasteiger partial charge in [0.1, 0.15) is 5.75 Å². The summed E-state index contributed by atoms with van der Waals surface area (Å²) in [6, 6.07) is 24.0. The smallest absolute Gasteiger partial charge is 0.251 e. The lowest BCUT2D eigenvalue weighted by atomic mass is 10.0. The highest BCUT2D eigenvalue weighted by atomic mass is 16.5. The van der Waals surface area contributed by atoms with Crippen LogP contribution >= 0.6 is 0 Å². The molecule has 1 aliphatic heterocycles. The van der Waals surface area contributed by atoms with Crippen molar-refractivity contribution in [1.82, 2.24) is 10.2 Å². The lowest BCUT2D eigenvalue weighted by Crippen LogP contribution is -2.51. The van der Waals surface area contributed by atoms with Crippen molar-refractivity contribution in [2.75, 3.05) is 44.7 Å². The Labute approximate surface area is 194 Å². The summed E-state index contributed by atoms with van der Waals surface area (Å²) in [5.41, 5.74) is 4.95. The number of rotatable bonds is 6. The van der Waals surface area contributed by atoms with Gasteiger partial charge in [0.2, 0.25) is 5.91 Å². The molecular formula is C27H29N3O3. The van der Waals surface area contributed by atoms with Gasteiger partial charge in [0.05, 0.1) is 13.7 Å². The first-order valence-electron chi connectivity index (χ1n) is 11.2. The van der Waals surface area contributed by atoms with Crippen LogP contribution in [0, 0.1) is 6.92 Å². The third-order valence-electron chi connectivity index (χ3n) is 6.02. The van der Waals surface area contributed by atoms with Crippen LogP contribution in [0.2, 0.25) is 0 Å². The summed E-state index contributed by atoms with van der Waals surface area (Å²) in [6.45, 7) is 4.63. The number of carbonyl (C=O) groups excluding carboxylic acids is 2. The number of ether oxygens (including phenoxy) is 1. The van der Waals surface area contributed by atoms with Crippen molar-refractivity contribution in [3.8, 4) is 16.9 Å². The van der Waals surface area contributed by atoms with Gasteiger partial charge in [-0.15, -0.1) is 0 Å². The van der Waals surface area contributed by atoms with E-state index in [1.54, 1.807) is 25.3 Å². The van der Waals surface area contributed by atoms with Crippen molar-refractivity contribution < 1.29 is 14.3 Å². The zero-order valence-electron chi connectivity index (χ0n) is 19.1. The molecule has 1 fully saturated rings. The van der Waals surface area contributed by atoms with Gasteiger partial charge in [-0.25, -0.2) is 0 Å². The molecule has 4 rings (SSSR count). The molecule has 1 heterocycles. The van der Waals surface area contributed by atoms with Crippen LogP contribution in [0.3, 0.4) is 0 Å². The van der Waals surface area contributed by atoms with Gasteiger partial charge in [0, 0.05) is 43.0 Å². The number of nitrogens with zero attached hydrogens (tertiary/aromatic N) is 2.